The Labute approximate surface area is 144 Å². The minimum atomic E-state index is -0.235. The second kappa shape index (κ2) is 7.90. The summed E-state index contributed by atoms with van der Waals surface area (Å²) >= 11 is 11.8. The van der Waals surface area contributed by atoms with Crippen LogP contribution in [0.1, 0.15) is 10.4 Å². The molecule has 0 aromatic heterocycles. The summed E-state index contributed by atoms with van der Waals surface area (Å²) in [5.41, 5.74) is 1.06. The predicted octanol–water partition coefficient (Wildman–Crippen LogP) is 4.82. The standard InChI is InChI=1S/C17H15Cl2NO3/c1-22-12-4-6-17(23-2)15(10-12)20-8-7-16(21)13-5-3-11(18)9-14(13)19/h3-10,20H,1-2H3/b8-7+. The van der Waals surface area contributed by atoms with E-state index in [-0.39, 0.29) is 5.78 Å². The molecule has 23 heavy (non-hydrogen) atoms. The van der Waals surface area contributed by atoms with Crippen LogP contribution in [-0.4, -0.2) is 20.0 Å². The number of halogens is 2. The fraction of sp³-hybridized carbons (Fsp3) is 0.118. The molecule has 2 rings (SSSR count). The number of ketones is 1. The topological polar surface area (TPSA) is 47.6 Å². The van der Waals surface area contributed by atoms with Crippen LogP contribution in [0.15, 0.2) is 48.7 Å². The molecule has 0 fully saturated rings. The maximum absolute atomic E-state index is 12.1. The average molecular weight is 352 g/mol. The van der Waals surface area contributed by atoms with Gasteiger partial charge in [0.25, 0.3) is 0 Å². The Morgan fingerprint density at radius 3 is 2.52 bits per heavy atom. The number of hydrogen-bond donors (Lipinski definition) is 1. The Morgan fingerprint density at radius 1 is 1.09 bits per heavy atom. The van der Waals surface area contributed by atoms with E-state index in [1.807, 2.05) is 0 Å². The summed E-state index contributed by atoms with van der Waals surface area (Å²) in [6.07, 6.45) is 2.90. The lowest BCUT2D eigenvalue weighted by atomic mass is 10.1. The van der Waals surface area contributed by atoms with Crippen molar-refractivity contribution < 1.29 is 14.3 Å². The lowest BCUT2D eigenvalue weighted by molar-refractivity contribution is 0.104. The van der Waals surface area contributed by atoms with E-state index in [4.69, 9.17) is 32.7 Å². The first-order valence-electron chi connectivity index (χ1n) is 6.69. The SMILES string of the molecule is COc1ccc(OC)c(N/C=C/C(=O)c2ccc(Cl)cc2Cl)c1. The molecule has 0 saturated carbocycles. The third-order valence-electron chi connectivity index (χ3n) is 3.08. The molecule has 0 saturated heterocycles. The number of ether oxygens (including phenoxy) is 2. The molecule has 0 aliphatic heterocycles. The summed E-state index contributed by atoms with van der Waals surface area (Å²) in [6.45, 7) is 0. The van der Waals surface area contributed by atoms with Crippen LogP contribution >= 0.6 is 23.2 Å². The summed E-state index contributed by atoms with van der Waals surface area (Å²) in [7, 11) is 3.14. The molecule has 2 aromatic rings. The fourth-order valence-corrected chi connectivity index (χ4v) is 2.41. The average Bonchev–Trinajstić information content (AvgIpc) is 2.54. The summed E-state index contributed by atoms with van der Waals surface area (Å²) < 4.78 is 10.4. The number of hydrogen-bond acceptors (Lipinski definition) is 4. The zero-order chi connectivity index (χ0) is 16.8. The second-order valence-electron chi connectivity index (χ2n) is 4.53. The van der Waals surface area contributed by atoms with Crippen molar-refractivity contribution >= 4 is 34.7 Å². The first-order chi connectivity index (χ1) is 11.0. The smallest absolute Gasteiger partial charge is 0.188 e. The van der Waals surface area contributed by atoms with Crippen LogP contribution < -0.4 is 14.8 Å². The van der Waals surface area contributed by atoms with Gasteiger partial charge in [-0.3, -0.25) is 4.79 Å². The van der Waals surface area contributed by atoms with Crippen molar-refractivity contribution in [2.45, 2.75) is 0 Å². The van der Waals surface area contributed by atoms with Crippen LogP contribution in [0.3, 0.4) is 0 Å². The molecule has 1 N–H and O–H groups in total. The van der Waals surface area contributed by atoms with Gasteiger partial charge in [0.2, 0.25) is 0 Å². The highest BCUT2D eigenvalue weighted by Gasteiger charge is 2.08. The van der Waals surface area contributed by atoms with Crippen LogP contribution in [0.5, 0.6) is 11.5 Å². The van der Waals surface area contributed by atoms with E-state index in [2.05, 4.69) is 5.32 Å². The van der Waals surface area contributed by atoms with Gasteiger partial charge in [-0.05, 0) is 30.3 Å². The first kappa shape index (κ1) is 17.2. The van der Waals surface area contributed by atoms with Crippen molar-refractivity contribution in [3.8, 4) is 11.5 Å². The number of carbonyl (C=O) groups excluding carboxylic acids is 1. The minimum absolute atomic E-state index is 0.235. The van der Waals surface area contributed by atoms with E-state index in [1.54, 1.807) is 44.6 Å². The predicted molar refractivity (Wildman–Crippen MR) is 93.1 cm³/mol. The van der Waals surface area contributed by atoms with Gasteiger partial charge in [-0.15, -0.1) is 0 Å². The Kier molecular flexibility index (Phi) is 5.90. The molecule has 0 aliphatic rings. The Bertz CT molecular complexity index is 745. The molecule has 6 heteroatoms. The monoisotopic (exact) mass is 351 g/mol. The quantitative estimate of drug-likeness (QED) is 0.598. The van der Waals surface area contributed by atoms with Crippen molar-refractivity contribution in [3.05, 3.63) is 64.3 Å². The van der Waals surface area contributed by atoms with E-state index in [0.29, 0.717) is 32.8 Å². The van der Waals surface area contributed by atoms with Crippen molar-refractivity contribution in [2.75, 3.05) is 19.5 Å². The lowest BCUT2D eigenvalue weighted by Crippen LogP contribution is -1.98. The van der Waals surface area contributed by atoms with Gasteiger partial charge in [-0.1, -0.05) is 23.2 Å². The largest absolute Gasteiger partial charge is 0.497 e. The number of anilines is 1. The molecule has 120 valence electrons. The molecule has 0 radical (unpaired) electrons. The second-order valence-corrected chi connectivity index (χ2v) is 5.38. The molecule has 4 nitrogen and oxygen atoms in total. The first-order valence-corrected chi connectivity index (χ1v) is 7.45. The van der Waals surface area contributed by atoms with Gasteiger partial charge >= 0.3 is 0 Å². The number of carbonyl (C=O) groups is 1. The highest BCUT2D eigenvalue weighted by atomic mass is 35.5. The molecule has 0 heterocycles. The highest BCUT2D eigenvalue weighted by molar-refractivity contribution is 6.37. The minimum Gasteiger partial charge on any atom is -0.497 e. The maximum Gasteiger partial charge on any atom is 0.188 e. The zero-order valence-electron chi connectivity index (χ0n) is 12.6. The van der Waals surface area contributed by atoms with Crippen molar-refractivity contribution in [2.24, 2.45) is 0 Å². The van der Waals surface area contributed by atoms with Gasteiger partial charge in [-0.2, -0.15) is 0 Å². The molecular weight excluding hydrogens is 337 g/mol. The maximum atomic E-state index is 12.1. The molecule has 0 atom stereocenters. The number of allylic oxidation sites excluding steroid dienone is 1. The van der Waals surface area contributed by atoms with Gasteiger partial charge in [0, 0.05) is 28.9 Å². The summed E-state index contributed by atoms with van der Waals surface area (Å²) in [5, 5.41) is 3.79. The zero-order valence-corrected chi connectivity index (χ0v) is 14.1. The molecular formula is C17H15Cl2NO3. The molecule has 2 aromatic carbocycles. The van der Waals surface area contributed by atoms with Crippen LogP contribution in [-0.2, 0) is 0 Å². The van der Waals surface area contributed by atoms with Crippen LogP contribution in [0, 0.1) is 0 Å². The van der Waals surface area contributed by atoms with E-state index in [1.165, 1.54) is 18.3 Å². The Balaban J connectivity index is 2.13. The third kappa shape index (κ3) is 4.41. The molecule has 0 unspecified atom stereocenters. The van der Waals surface area contributed by atoms with Gasteiger partial charge in [0.1, 0.15) is 11.5 Å². The number of methoxy groups -OCH3 is 2. The highest BCUT2D eigenvalue weighted by Crippen LogP contribution is 2.29. The van der Waals surface area contributed by atoms with Gasteiger partial charge in [-0.25, -0.2) is 0 Å². The van der Waals surface area contributed by atoms with Crippen LogP contribution in [0.2, 0.25) is 10.0 Å². The Morgan fingerprint density at radius 2 is 1.87 bits per heavy atom. The van der Waals surface area contributed by atoms with Crippen LogP contribution in [0.25, 0.3) is 0 Å². The molecule has 0 aliphatic carbocycles. The fourth-order valence-electron chi connectivity index (χ4n) is 1.91. The molecule has 0 spiro atoms. The lowest BCUT2D eigenvalue weighted by Gasteiger charge is -2.10. The summed E-state index contributed by atoms with van der Waals surface area (Å²) in [4.78, 5) is 12.1. The number of benzene rings is 2. The van der Waals surface area contributed by atoms with E-state index >= 15 is 0 Å². The van der Waals surface area contributed by atoms with Gasteiger partial charge in [0.15, 0.2) is 5.78 Å². The van der Waals surface area contributed by atoms with Crippen molar-refractivity contribution in [1.82, 2.24) is 0 Å². The third-order valence-corrected chi connectivity index (χ3v) is 3.62. The summed E-state index contributed by atoms with van der Waals surface area (Å²) in [5.74, 6) is 1.07. The van der Waals surface area contributed by atoms with Crippen LogP contribution in [0.4, 0.5) is 5.69 Å². The molecule has 0 amide bonds. The van der Waals surface area contributed by atoms with Gasteiger partial charge in [0.05, 0.1) is 24.9 Å². The van der Waals surface area contributed by atoms with E-state index in [0.717, 1.165) is 0 Å². The van der Waals surface area contributed by atoms with Crippen molar-refractivity contribution in [1.29, 1.82) is 0 Å². The van der Waals surface area contributed by atoms with E-state index < -0.39 is 0 Å². The van der Waals surface area contributed by atoms with Crippen molar-refractivity contribution in [3.63, 3.8) is 0 Å². The molecule has 0 bridgehead atoms. The van der Waals surface area contributed by atoms with E-state index in [9.17, 15) is 4.79 Å². The normalized spacial score (nSPS) is 10.6. The Hall–Kier alpha value is -2.17. The number of nitrogens with one attached hydrogen (secondary N) is 1. The van der Waals surface area contributed by atoms with Gasteiger partial charge < -0.3 is 14.8 Å². The summed E-state index contributed by atoms with van der Waals surface area (Å²) in [6, 6.07) is 10.1. The number of rotatable bonds is 6.